The van der Waals surface area contributed by atoms with Gasteiger partial charge in [-0.25, -0.2) is 9.59 Å². The van der Waals surface area contributed by atoms with Gasteiger partial charge in [-0.15, -0.1) is 13.2 Å². The van der Waals surface area contributed by atoms with Gasteiger partial charge in [-0.3, -0.25) is 19.3 Å². The molecule has 0 aliphatic carbocycles. The van der Waals surface area contributed by atoms with E-state index in [1.165, 1.54) is 36.4 Å². The minimum absolute atomic E-state index is 0.0304. The Morgan fingerprint density at radius 2 is 1.71 bits per heavy atom. The van der Waals surface area contributed by atoms with E-state index in [1.807, 2.05) is 0 Å². The van der Waals surface area contributed by atoms with E-state index in [9.17, 15) is 14.4 Å². The summed E-state index contributed by atoms with van der Waals surface area (Å²) in [5, 5.41) is 17.1. The van der Waals surface area contributed by atoms with E-state index in [0.717, 1.165) is 9.13 Å². The summed E-state index contributed by atoms with van der Waals surface area (Å²) in [5.41, 5.74) is 4.77. The van der Waals surface area contributed by atoms with Crippen LogP contribution in [0.15, 0.2) is 59.2 Å². The Balaban J connectivity index is 2.54. The summed E-state index contributed by atoms with van der Waals surface area (Å²) in [7, 11) is 0. The smallest absolute Gasteiger partial charge is 0.341 e. The Morgan fingerprint density at radius 3 is 2.25 bits per heavy atom. The number of nitrogens with zero attached hydrogens (tertiary/aromatic N) is 2. The normalized spacial score (nSPS) is 10.3. The van der Waals surface area contributed by atoms with E-state index in [1.54, 1.807) is 0 Å². The van der Waals surface area contributed by atoms with E-state index >= 15 is 0 Å². The molecule has 0 fully saturated rings. The Morgan fingerprint density at radius 1 is 1.14 bits per heavy atom. The summed E-state index contributed by atoms with van der Waals surface area (Å²) in [6.45, 7) is 6.66. The zero-order chi connectivity index (χ0) is 20.8. The number of anilines is 1. The number of hydrogen-bond donors (Lipinski definition) is 3. The quantitative estimate of drug-likeness (QED) is 0.432. The number of ether oxygens (including phenoxy) is 1. The molecule has 0 atom stereocenters. The first-order valence-corrected chi connectivity index (χ1v) is 8.20. The van der Waals surface area contributed by atoms with Crippen molar-refractivity contribution in [1.82, 2.24) is 9.13 Å². The summed E-state index contributed by atoms with van der Waals surface area (Å²) >= 11 is 0. The molecule has 2 rings (SSSR count). The summed E-state index contributed by atoms with van der Waals surface area (Å²) in [4.78, 5) is 35.8. The van der Waals surface area contributed by atoms with Gasteiger partial charge in [0.1, 0.15) is 17.1 Å². The molecule has 0 spiro atoms. The van der Waals surface area contributed by atoms with Crippen molar-refractivity contribution in [2.24, 2.45) is 0 Å². The second-order valence-electron chi connectivity index (χ2n) is 5.73. The third-order valence-electron chi connectivity index (χ3n) is 3.85. The molecule has 1 aromatic carbocycles. The lowest BCUT2D eigenvalue weighted by molar-refractivity contribution is -0.139. The molecular weight excluding hydrogens is 364 g/mol. The molecule has 2 aromatic rings. The van der Waals surface area contributed by atoms with Gasteiger partial charge in [0.2, 0.25) is 0 Å². The zero-order valence-electron chi connectivity index (χ0n) is 15.1. The maximum Gasteiger partial charge on any atom is 0.341 e. The molecule has 0 unspecified atom stereocenters. The molecule has 9 heteroatoms. The zero-order valence-corrected chi connectivity index (χ0v) is 15.1. The molecule has 0 aliphatic rings. The van der Waals surface area contributed by atoms with Gasteiger partial charge in [0, 0.05) is 18.7 Å². The van der Waals surface area contributed by atoms with E-state index < -0.39 is 23.8 Å². The highest BCUT2D eigenvalue weighted by molar-refractivity contribution is 6.13. The second kappa shape index (κ2) is 8.67. The molecule has 9 nitrogen and oxygen atoms in total. The molecule has 4 N–H and O–H groups in total. The lowest BCUT2D eigenvalue weighted by Gasteiger charge is -2.16. The van der Waals surface area contributed by atoms with Gasteiger partial charge in [-0.2, -0.15) is 0 Å². The van der Waals surface area contributed by atoms with E-state index in [2.05, 4.69) is 13.2 Å². The van der Waals surface area contributed by atoms with Gasteiger partial charge in [-0.05, 0) is 24.3 Å². The number of carbonyl (C=O) groups is 1. The number of hydrogen-bond acceptors (Lipinski definition) is 6. The van der Waals surface area contributed by atoms with Gasteiger partial charge >= 0.3 is 11.7 Å². The summed E-state index contributed by atoms with van der Waals surface area (Å²) < 4.78 is 7.15. The monoisotopic (exact) mass is 384 g/mol. The average molecular weight is 384 g/mol. The van der Waals surface area contributed by atoms with Crippen LogP contribution in [0.3, 0.4) is 0 Å². The standard InChI is InChI=1S/C19H20N4O5/c1-3-9-22-17(21)15(18(26)23(10-4-2)19(22)27)16(20)12-5-7-13(8-6-12)28-11-14(24)25/h3-8,20H,1-2,9-11,21H2,(H,24,25). The van der Waals surface area contributed by atoms with Crippen LogP contribution in [0.25, 0.3) is 0 Å². The van der Waals surface area contributed by atoms with Gasteiger partial charge in [0.15, 0.2) is 6.61 Å². The van der Waals surface area contributed by atoms with Gasteiger partial charge < -0.3 is 15.6 Å². The molecule has 1 aromatic heterocycles. The summed E-state index contributed by atoms with van der Waals surface area (Å²) in [5.74, 6) is -0.948. The van der Waals surface area contributed by atoms with Crippen molar-refractivity contribution < 1.29 is 14.6 Å². The topological polar surface area (TPSA) is 140 Å². The van der Waals surface area contributed by atoms with Crippen LogP contribution in [0, 0.1) is 5.41 Å². The van der Waals surface area contributed by atoms with Crippen molar-refractivity contribution in [2.45, 2.75) is 13.1 Å². The maximum absolute atomic E-state index is 12.8. The van der Waals surface area contributed by atoms with Crippen LogP contribution in [-0.4, -0.2) is 32.5 Å². The molecule has 0 saturated heterocycles. The van der Waals surface area contributed by atoms with Crippen molar-refractivity contribution in [3.05, 3.63) is 81.5 Å². The minimum Gasteiger partial charge on any atom is -0.482 e. The van der Waals surface area contributed by atoms with Crippen molar-refractivity contribution in [3.8, 4) is 5.75 Å². The molecule has 0 saturated carbocycles. The predicted molar refractivity (Wildman–Crippen MR) is 105 cm³/mol. The van der Waals surface area contributed by atoms with Crippen molar-refractivity contribution in [1.29, 1.82) is 5.41 Å². The Bertz CT molecular complexity index is 1050. The molecule has 0 bridgehead atoms. The fourth-order valence-corrected chi connectivity index (χ4v) is 2.55. The highest BCUT2D eigenvalue weighted by Gasteiger charge is 2.20. The number of carboxylic acid groups (broad SMARTS) is 1. The predicted octanol–water partition coefficient (Wildman–Crippen LogP) is 0.844. The maximum atomic E-state index is 12.8. The molecule has 1 heterocycles. The van der Waals surface area contributed by atoms with E-state index in [-0.39, 0.29) is 30.2 Å². The first-order valence-electron chi connectivity index (χ1n) is 8.20. The fraction of sp³-hybridized carbons (Fsp3) is 0.158. The van der Waals surface area contributed by atoms with Crippen molar-refractivity contribution >= 4 is 17.5 Å². The van der Waals surface area contributed by atoms with Crippen LogP contribution in [0.4, 0.5) is 5.82 Å². The summed E-state index contributed by atoms with van der Waals surface area (Å²) in [6.07, 6.45) is 2.86. The third kappa shape index (κ3) is 4.09. The van der Waals surface area contributed by atoms with Crippen LogP contribution in [0.2, 0.25) is 0 Å². The number of nitrogens with one attached hydrogen (secondary N) is 1. The second-order valence-corrected chi connectivity index (χ2v) is 5.73. The highest BCUT2D eigenvalue weighted by atomic mass is 16.5. The first-order chi connectivity index (χ1) is 13.3. The molecule has 0 amide bonds. The lowest BCUT2D eigenvalue weighted by atomic mass is 10.0. The molecule has 0 aliphatic heterocycles. The van der Waals surface area contributed by atoms with Gasteiger partial charge in [-0.1, -0.05) is 12.2 Å². The van der Waals surface area contributed by atoms with Gasteiger partial charge in [0.25, 0.3) is 5.56 Å². The molecule has 0 radical (unpaired) electrons. The number of nitrogens with two attached hydrogens (primary N) is 1. The number of allylic oxidation sites excluding steroid dienone is 2. The Hall–Kier alpha value is -3.88. The number of rotatable bonds is 9. The summed E-state index contributed by atoms with van der Waals surface area (Å²) in [6, 6.07) is 5.95. The van der Waals surface area contributed by atoms with Crippen LogP contribution >= 0.6 is 0 Å². The Labute approximate surface area is 160 Å². The van der Waals surface area contributed by atoms with Crippen LogP contribution < -0.4 is 21.7 Å². The van der Waals surface area contributed by atoms with Crippen LogP contribution in [0.5, 0.6) is 5.75 Å². The molecule has 28 heavy (non-hydrogen) atoms. The van der Waals surface area contributed by atoms with Crippen molar-refractivity contribution in [3.63, 3.8) is 0 Å². The average Bonchev–Trinajstić information content (AvgIpc) is 2.67. The number of aliphatic carboxylic acids is 1. The van der Waals surface area contributed by atoms with Crippen LogP contribution in [-0.2, 0) is 17.9 Å². The number of carboxylic acids is 1. The lowest BCUT2D eigenvalue weighted by Crippen LogP contribution is -2.43. The first kappa shape index (κ1) is 20.4. The van der Waals surface area contributed by atoms with Gasteiger partial charge in [0.05, 0.1) is 5.71 Å². The number of benzene rings is 1. The van der Waals surface area contributed by atoms with Crippen molar-refractivity contribution in [2.75, 3.05) is 12.3 Å². The fourth-order valence-electron chi connectivity index (χ4n) is 2.55. The third-order valence-corrected chi connectivity index (χ3v) is 3.85. The Kier molecular flexibility index (Phi) is 6.33. The molecule has 146 valence electrons. The largest absolute Gasteiger partial charge is 0.482 e. The van der Waals surface area contributed by atoms with E-state index in [4.69, 9.17) is 21.0 Å². The number of nitrogen functional groups attached to an aromatic ring is 1. The number of aromatic nitrogens is 2. The van der Waals surface area contributed by atoms with Crippen LogP contribution in [0.1, 0.15) is 11.1 Å². The van der Waals surface area contributed by atoms with E-state index in [0.29, 0.717) is 11.3 Å². The minimum atomic E-state index is -1.11. The highest BCUT2D eigenvalue weighted by Crippen LogP contribution is 2.16. The SMILES string of the molecule is C=CCn1c(N)c(C(=N)c2ccc(OCC(=O)O)cc2)c(=O)n(CC=C)c1=O. The molecular formula is C19H20N4O5.